The molecule has 0 saturated heterocycles. The SMILES string of the molecule is C#CCC(N)C(=O)N[C@H](C)c1ccccc1C. The van der Waals surface area contributed by atoms with E-state index in [-0.39, 0.29) is 18.4 Å². The van der Waals surface area contributed by atoms with Crippen LogP contribution in [0.25, 0.3) is 0 Å². The number of amides is 1. The molecule has 0 aliphatic carbocycles. The quantitative estimate of drug-likeness (QED) is 0.771. The Labute approximate surface area is 102 Å². The van der Waals surface area contributed by atoms with Crippen molar-refractivity contribution in [3.05, 3.63) is 35.4 Å². The highest BCUT2D eigenvalue weighted by molar-refractivity contribution is 5.82. The van der Waals surface area contributed by atoms with Gasteiger partial charge < -0.3 is 11.1 Å². The molecule has 90 valence electrons. The van der Waals surface area contributed by atoms with Crippen LogP contribution in [0.4, 0.5) is 0 Å². The minimum Gasteiger partial charge on any atom is -0.348 e. The maximum absolute atomic E-state index is 11.7. The van der Waals surface area contributed by atoms with Crippen molar-refractivity contribution < 1.29 is 4.79 Å². The molecule has 1 unspecified atom stereocenters. The Hall–Kier alpha value is -1.79. The smallest absolute Gasteiger partial charge is 0.238 e. The van der Waals surface area contributed by atoms with Crippen LogP contribution in [-0.4, -0.2) is 11.9 Å². The third kappa shape index (κ3) is 3.61. The molecule has 0 aromatic heterocycles. The first-order chi connectivity index (χ1) is 8.06. The summed E-state index contributed by atoms with van der Waals surface area (Å²) in [5.74, 6) is 2.18. The molecule has 2 atom stereocenters. The van der Waals surface area contributed by atoms with E-state index in [1.54, 1.807) is 0 Å². The molecule has 1 rings (SSSR count). The largest absolute Gasteiger partial charge is 0.348 e. The van der Waals surface area contributed by atoms with E-state index >= 15 is 0 Å². The first-order valence-electron chi connectivity index (χ1n) is 5.61. The van der Waals surface area contributed by atoms with E-state index in [4.69, 9.17) is 12.2 Å². The van der Waals surface area contributed by atoms with Crippen molar-refractivity contribution in [3.8, 4) is 12.3 Å². The van der Waals surface area contributed by atoms with Gasteiger partial charge in [-0.1, -0.05) is 24.3 Å². The summed E-state index contributed by atoms with van der Waals surface area (Å²) in [7, 11) is 0. The first-order valence-corrected chi connectivity index (χ1v) is 5.61. The monoisotopic (exact) mass is 230 g/mol. The fourth-order valence-corrected chi connectivity index (χ4v) is 1.69. The highest BCUT2D eigenvalue weighted by atomic mass is 16.2. The summed E-state index contributed by atoms with van der Waals surface area (Å²) in [4.78, 5) is 11.7. The van der Waals surface area contributed by atoms with E-state index < -0.39 is 6.04 Å². The van der Waals surface area contributed by atoms with Crippen LogP contribution in [0.2, 0.25) is 0 Å². The molecule has 0 aliphatic rings. The van der Waals surface area contributed by atoms with Gasteiger partial charge in [-0.25, -0.2) is 0 Å². The Balaban J connectivity index is 2.67. The second-order valence-corrected chi connectivity index (χ2v) is 4.10. The van der Waals surface area contributed by atoms with Gasteiger partial charge in [0.2, 0.25) is 5.91 Å². The molecule has 3 N–H and O–H groups in total. The lowest BCUT2D eigenvalue weighted by atomic mass is 10.0. The number of rotatable bonds is 4. The second-order valence-electron chi connectivity index (χ2n) is 4.10. The molecule has 3 nitrogen and oxygen atoms in total. The summed E-state index contributed by atoms with van der Waals surface area (Å²) < 4.78 is 0. The molecule has 0 radical (unpaired) electrons. The Bertz CT molecular complexity index is 434. The highest BCUT2D eigenvalue weighted by Crippen LogP contribution is 2.16. The Morgan fingerprint density at radius 2 is 2.18 bits per heavy atom. The molecule has 0 heterocycles. The van der Waals surface area contributed by atoms with Gasteiger partial charge in [0.1, 0.15) is 0 Å². The summed E-state index contributed by atoms with van der Waals surface area (Å²) in [5, 5.41) is 2.86. The van der Waals surface area contributed by atoms with Gasteiger partial charge in [-0.05, 0) is 25.0 Å². The van der Waals surface area contributed by atoms with Crippen LogP contribution in [0.3, 0.4) is 0 Å². The number of hydrogen-bond acceptors (Lipinski definition) is 2. The number of carbonyl (C=O) groups excluding carboxylic acids is 1. The fourth-order valence-electron chi connectivity index (χ4n) is 1.69. The molecule has 0 spiro atoms. The van der Waals surface area contributed by atoms with Gasteiger partial charge in [0.15, 0.2) is 0 Å². The number of nitrogens with one attached hydrogen (secondary N) is 1. The van der Waals surface area contributed by atoms with Gasteiger partial charge in [-0.15, -0.1) is 12.3 Å². The molecule has 1 amide bonds. The van der Waals surface area contributed by atoms with Crippen LogP contribution in [0.1, 0.15) is 30.5 Å². The normalized spacial score (nSPS) is 13.5. The number of nitrogens with two attached hydrogens (primary N) is 1. The van der Waals surface area contributed by atoms with Crippen LogP contribution in [0.15, 0.2) is 24.3 Å². The van der Waals surface area contributed by atoms with Crippen molar-refractivity contribution in [2.24, 2.45) is 5.73 Å². The lowest BCUT2D eigenvalue weighted by Crippen LogP contribution is -2.41. The van der Waals surface area contributed by atoms with Crippen molar-refractivity contribution in [1.82, 2.24) is 5.32 Å². The zero-order chi connectivity index (χ0) is 12.8. The van der Waals surface area contributed by atoms with E-state index in [0.717, 1.165) is 11.1 Å². The highest BCUT2D eigenvalue weighted by Gasteiger charge is 2.16. The molecule has 0 aliphatic heterocycles. The lowest BCUT2D eigenvalue weighted by Gasteiger charge is -2.18. The lowest BCUT2D eigenvalue weighted by molar-refractivity contribution is -0.122. The Morgan fingerprint density at radius 3 is 2.76 bits per heavy atom. The molecule has 1 aromatic carbocycles. The van der Waals surface area contributed by atoms with E-state index in [1.165, 1.54) is 0 Å². The average molecular weight is 230 g/mol. The molecule has 0 fully saturated rings. The van der Waals surface area contributed by atoms with E-state index in [0.29, 0.717) is 0 Å². The number of benzene rings is 1. The Kier molecular flexibility index (Phi) is 4.74. The van der Waals surface area contributed by atoms with Crippen LogP contribution < -0.4 is 11.1 Å². The number of hydrogen-bond donors (Lipinski definition) is 2. The maximum Gasteiger partial charge on any atom is 0.238 e. The van der Waals surface area contributed by atoms with Crippen LogP contribution in [-0.2, 0) is 4.79 Å². The van der Waals surface area contributed by atoms with Crippen molar-refractivity contribution in [2.75, 3.05) is 0 Å². The molecule has 3 heteroatoms. The molecule has 0 bridgehead atoms. The van der Waals surface area contributed by atoms with Gasteiger partial charge in [0.25, 0.3) is 0 Å². The van der Waals surface area contributed by atoms with Gasteiger partial charge in [0, 0.05) is 6.42 Å². The summed E-state index contributed by atoms with van der Waals surface area (Å²) in [6.45, 7) is 3.95. The summed E-state index contributed by atoms with van der Waals surface area (Å²) in [5.41, 5.74) is 7.87. The fraction of sp³-hybridized carbons (Fsp3) is 0.357. The minimum atomic E-state index is -0.633. The van der Waals surface area contributed by atoms with Gasteiger partial charge in [-0.3, -0.25) is 4.79 Å². The van der Waals surface area contributed by atoms with Crippen LogP contribution in [0, 0.1) is 19.3 Å². The minimum absolute atomic E-state index is 0.0625. The average Bonchev–Trinajstić information content (AvgIpc) is 2.29. The maximum atomic E-state index is 11.7. The van der Waals surface area contributed by atoms with Crippen LogP contribution in [0.5, 0.6) is 0 Å². The number of aryl methyl sites for hydroxylation is 1. The van der Waals surface area contributed by atoms with Gasteiger partial charge in [-0.2, -0.15) is 0 Å². The van der Waals surface area contributed by atoms with Crippen molar-refractivity contribution in [1.29, 1.82) is 0 Å². The molecule has 0 saturated carbocycles. The van der Waals surface area contributed by atoms with Crippen molar-refractivity contribution in [3.63, 3.8) is 0 Å². The second kappa shape index (κ2) is 6.07. The van der Waals surface area contributed by atoms with Gasteiger partial charge in [0.05, 0.1) is 12.1 Å². The molecule has 1 aromatic rings. The van der Waals surface area contributed by atoms with Crippen molar-refractivity contribution in [2.45, 2.75) is 32.4 Å². The standard InChI is InChI=1S/C14H18N2O/c1-4-7-13(15)14(17)16-11(3)12-9-6-5-8-10(12)2/h1,5-6,8-9,11,13H,7,15H2,2-3H3,(H,16,17)/t11-,13?/m1/s1. The molecular formula is C14H18N2O. The predicted molar refractivity (Wildman–Crippen MR) is 69.2 cm³/mol. The number of terminal acetylenes is 1. The Morgan fingerprint density at radius 1 is 1.53 bits per heavy atom. The van der Waals surface area contributed by atoms with E-state index in [9.17, 15) is 4.79 Å². The van der Waals surface area contributed by atoms with Crippen molar-refractivity contribution >= 4 is 5.91 Å². The zero-order valence-electron chi connectivity index (χ0n) is 10.2. The summed E-state index contributed by atoms with van der Waals surface area (Å²) in [6, 6.07) is 7.23. The topological polar surface area (TPSA) is 55.1 Å². The van der Waals surface area contributed by atoms with E-state index in [1.807, 2.05) is 38.1 Å². The predicted octanol–water partition coefficient (Wildman–Crippen LogP) is 1.52. The third-order valence-corrected chi connectivity index (χ3v) is 2.69. The third-order valence-electron chi connectivity index (χ3n) is 2.69. The molecule has 17 heavy (non-hydrogen) atoms. The van der Waals surface area contributed by atoms with Gasteiger partial charge >= 0.3 is 0 Å². The number of carbonyl (C=O) groups is 1. The zero-order valence-corrected chi connectivity index (χ0v) is 10.2. The first kappa shape index (κ1) is 13.3. The van der Waals surface area contributed by atoms with E-state index in [2.05, 4.69) is 11.2 Å². The summed E-state index contributed by atoms with van der Waals surface area (Å²) in [6.07, 6.45) is 5.38. The van der Waals surface area contributed by atoms with Crippen LogP contribution >= 0.6 is 0 Å². The molecular weight excluding hydrogens is 212 g/mol. The summed E-state index contributed by atoms with van der Waals surface area (Å²) >= 11 is 0.